The number of nitrogens with zero attached hydrogens (tertiary/aromatic N) is 1. The normalized spacial score (nSPS) is 10.5. The fraction of sp³-hybridized carbons (Fsp3) is 0.174. The standard InChI is InChI=1S/C23H20BrNO7S/c1-13(26)25(16-6-4-3-5-7-16)11-15-10-14(8-9-17(15)31-2)21-19(24)20(32-12-18(27)28)22(33-21)23(29)30/h3-10H,11-12H2,1-2H3,(H,27,28)(H,29,30). The zero-order valence-corrected chi connectivity index (χ0v) is 20.1. The minimum absolute atomic E-state index is 0.0445. The van der Waals surface area contributed by atoms with Gasteiger partial charge < -0.3 is 24.6 Å². The van der Waals surface area contributed by atoms with Gasteiger partial charge in [0.1, 0.15) is 5.75 Å². The number of carboxylic acid groups (broad SMARTS) is 2. The Labute approximate surface area is 202 Å². The highest BCUT2D eigenvalue weighted by atomic mass is 79.9. The van der Waals surface area contributed by atoms with Crippen molar-refractivity contribution in [2.75, 3.05) is 18.6 Å². The molecular formula is C23H20BrNO7S. The van der Waals surface area contributed by atoms with Gasteiger partial charge in [0.05, 0.1) is 23.0 Å². The summed E-state index contributed by atoms with van der Waals surface area (Å²) in [5, 5.41) is 18.5. The first kappa shape index (κ1) is 24.3. The van der Waals surface area contributed by atoms with Crippen LogP contribution in [0.4, 0.5) is 5.69 Å². The number of halogens is 1. The van der Waals surface area contributed by atoms with Crippen molar-refractivity contribution >= 4 is 50.8 Å². The summed E-state index contributed by atoms with van der Waals surface area (Å²) < 4.78 is 11.1. The predicted octanol–water partition coefficient (Wildman–Crippen LogP) is 4.90. The summed E-state index contributed by atoms with van der Waals surface area (Å²) in [5.41, 5.74) is 2.10. The molecule has 3 rings (SSSR count). The van der Waals surface area contributed by atoms with Crippen LogP contribution in [0.15, 0.2) is 53.0 Å². The highest BCUT2D eigenvalue weighted by Crippen LogP contribution is 2.46. The van der Waals surface area contributed by atoms with Crippen molar-refractivity contribution in [2.24, 2.45) is 0 Å². The number of hydrogen-bond acceptors (Lipinski definition) is 6. The summed E-state index contributed by atoms with van der Waals surface area (Å²) >= 11 is 4.32. The molecule has 0 bridgehead atoms. The predicted molar refractivity (Wildman–Crippen MR) is 127 cm³/mol. The van der Waals surface area contributed by atoms with Crippen LogP contribution in [0.2, 0.25) is 0 Å². The number of amides is 1. The first-order chi connectivity index (χ1) is 15.7. The van der Waals surface area contributed by atoms with E-state index in [0.29, 0.717) is 26.2 Å². The van der Waals surface area contributed by atoms with Crippen molar-refractivity contribution in [1.82, 2.24) is 0 Å². The maximum Gasteiger partial charge on any atom is 0.349 e. The molecule has 0 aliphatic carbocycles. The molecule has 1 aromatic heterocycles. The maximum atomic E-state index is 12.4. The topological polar surface area (TPSA) is 113 Å². The van der Waals surface area contributed by atoms with Crippen LogP contribution in [0.5, 0.6) is 11.5 Å². The van der Waals surface area contributed by atoms with Crippen LogP contribution in [0.3, 0.4) is 0 Å². The molecule has 1 heterocycles. The Hall–Kier alpha value is -3.37. The molecule has 0 aliphatic rings. The quantitative estimate of drug-likeness (QED) is 0.402. The van der Waals surface area contributed by atoms with Crippen LogP contribution in [-0.4, -0.2) is 41.8 Å². The summed E-state index contributed by atoms with van der Waals surface area (Å²) in [5.74, 6) is -2.08. The number of carboxylic acids is 2. The van der Waals surface area contributed by atoms with Gasteiger partial charge in [-0.2, -0.15) is 0 Å². The number of para-hydroxylation sites is 1. The van der Waals surface area contributed by atoms with Gasteiger partial charge in [-0.15, -0.1) is 11.3 Å². The number of aromatic carboxylic acids is 1. The Morgan fingerprint density at radius 2 is 1.79 bits per heavy atom. The van der Waals surface area contributed by atoms with Crippen LogP contribution in [-0.2, 0) is 16.1 Å². The third-order valence-corrected chi connectivity index (χ3v) is 6.89. The minimum atomic E-state index is -1.23. The van der Waals surface area contributed by atoms with Crippen molar-refractivity contribution in [3.05, 3.63) is 63.4 Å². The van der Waals surface area contributed by atoms with E-state index < -0.39 is 18.5 Å². The molecule has 10 heteroatoms. The van der Waals surface area contributed by atoms with Gasteiger partial charge >= 0.3 is 11.9 Å². The molecular weight excluding hydrogens is 514 g/mol. The SMILES string of the molecule is COc1ccc(-c2sc(C(=O)O)c(OCC(=O)O)c2Br)cc1CN(C(C)=O)c1ccccc1. The molecule has 0 radical (unpaired) electrons. The van der Waals surface area contributed by atoms with Gasteiger partial charge in [0.15, 0.2) is 17.2 Å². The number of ether oxygens (including phenoxy) is 2. The van der Waals surface area contributed by atoms with Crippen molar-refractivity contribution in [1.29, 1.82) is 0 Å². The summed E-state index contributed by atoms with van der Waals surface area (Å²) in [7, 11) is 1.53. The summed E-state index contributed by atoms with van der Waals surface area (Å²) in [4.78, 5) is 37.0. The summed E-state index contributed by atoms with van der Waals surface area (Å²) in [6, 6.07) is 14.5. The average molecular weight is 534 g/mol. The largest absolute Gasteiger partial charge is 0.496 e. The lowest BCUT2D eigenvalue weighted by molar-refractivity contribution is -0.139. The number of methoxy groups -OCH3 is 1. The lowest BCUT2D eigenvalue weighted by atomic mass is 10.1. The molecule has 1 amide bonds. The minimum Gasteiger partial charge on any atom is -0.496 e. The lowest BCUT2D eigenvalue weighted by Gasteiger charge is -2.23. The molecule has 8 nitrogen and oxygen atoms in total. The van der Waals surface area contributed by atoms with Gasteiger partial charge in [-0.1, -0.05) is 18.2 Å². The second-order valence-electron chi connectivity index (χ2n) is 6.86. The van der Waals surface area contributed by atoms with Crippen LogP contribution in [0.1, 0.15) is 22.2 Å². The first-order valence-corrected chi connectivity index (χ1v) is 11.2. The Bertz CT molecular complexity index is 1190. The second kappa shape index (κ2) is 10.5. The molecule has 0 spiro atoms. The number of rotatable bonds is 9. The van der Waals surface area contributed by atoms with Crippen molar-refractivity contribution in [3.8, 4) is 21.9 Å². The van der Waals surface area contributed by atoms with Crippen molar-refractivity contribution < 1.29 is 34.1 Å². The second-order valence-corrected chi connectivity index (χ2v) is 8.67. The number of benzene rings is 2. The van der Waals surface area contributed by atoms with Crippen LogP contribution >= 0.6 is 27.3 Å². The summed E-state index contributed by atoms with van der Waals surface area (Å²) in [6.45, 7) is 1.03. The van der Waals surface area contributed by atoms with Crippen LogP contribution < -0.4 is 14.4 Å². The number of carbonyl (C=O) groups is 3. The number of carbonyl (C=O) groups excluding carboxylic acids is 1. The van der Waals surface area contributed by atoms with Crippen LogP contribution in [0.25, 0.3) is 10.4 Å². The van der Waals surface area contributed by atoms with E-state index in [1.54, 1.807) is 23.1 Å². The smallest absolute Gasteiger partial charge is 0.349 e. The fourth-order valence-electron chi connectivity index (χ4n) is 3.19. The highest BCUT2D eigenvalue weighted by molar-refractivity contribution is 9.10. The molecule has 0 atom stereocenters. The van der Waals surface area contributed by atoms with Crippen molar-refractivity contribution in [3.63, 3.8) is 0 Å². The summed E-state index contributed by atoms with van der Waals surface area (Å²) in [6.07, 6.45) is 0. The number of hydrogen-bond donors (Lipinski definition) is 2. The molecule has 0 fully saturated rings. The molecule has 33 heavy (non-hydrogen) atoms. The molecule has 172 valence electrons. The Kier molecular flexibility index (Phi) is 7.72. The molecule has 0 saturated carbocycles. The van der Waals surface area contributed by atoms with Gasteiger partial charge in [-0.25, -0.2) is 9.59 Å². The van der Waals surface area contributed by atoms with Crippen molar-refractivity contribution in [2.45, 2.75) is 13.5 Å². The van der Waals surface area contributed by atoms with Gasteiger partial charge in [0.25, 0.3) is 0 Å². The van der Waals surface area contributed by atoms with E-state index in [2.05, 4.69) is 15.9 Å². The van der Waals surface area contributed by atoms with E-state index in [1.807, 2.05) is 30.3 Å². The van der Waals surface area contributed by atoms with Gasteiger partial charge in [0.2, 0.25) is 5.91 Å². The Morgan fingerprint density at radius 3 is 2.36 bits per heavy atom. The van der Waals surface area contributed by atoms with E-state index in [4.69, 9.17) is 14.6 Å². The molecule has 0 unspecified atom stereocenters. The van der Waals surface area contributed by atoms with E-state index >= 15 is 0 Å². The fourth-order valence-corrected chi connectivity index (χ4v) is 5.08. The first-order valence-electron chi connectivity index (χ1n) is 9.63. The van der Waals surface area contributed by atoms with Gasteiger partial charge in [-0.3, -0.25) is 4.79 Å². The third kappa shape index (κ3) is 5.52. The zero-order valence-electron chi connectivity index (χ0n) is 17.7. The molecule has 2 N–H and O–H groups in total. The monoisotopic (exact) mass is 533 g/mol. The van der Waals surface area contributed by atoms with E-state index in [0.717, 1.165) is 17.0 Å². The molecule has 0 saturated heterocycles. The van der Waals surface area contributed by atoms with Gasteiger partial charge in [0, 0.05) is 18.2 Å². The number of anilines is 1. The van der Waals surface area contributed by atoms with E-state index in [9.17, 15) is 19.5 Å². The highest BCUT2D eigenvalue weighted by Gasteiger charge is 2.25. The number of thiophene rings is 1. The number of aliphatic carboxylic acids is 1. The molecule has 2 aromatic carbocycles. The van der Waals surface area contributed by atoms with Gasteiger partial charge in [-0.05, 0) is 51.8 Å². The third-order valence-electron chi connectivity index (χ3n) is 4.66. The zero-order chi connectivity index (χ0) is 24.1. The van der Waals surface area contributed by atoms with E-state index in [1.165, 1.54) is 14.0 Å². The molecule has 0 aliphatic heterocycles. The van der Waals surface area contributed by atoms with Crippen LogP contribution in [0, 0.1) is 0 Å². The Balaban J connectivity index is 2.05. The maximum absolute atomic E-state index is 12.4. The molecule has 3 aromatic rings. The van der Waals surface area contributed by atoms with E-state index in [-0.39, 0.29) is 23.1 Å². The average Bonchev–Trinajstić information content (AvgIpc) is 3.12. The Morgan fingerprint density at radius 1 is 1.09 bits per heavy atom. The lowest BCUT2D eigenvalue weighted by Crippen LogP contribution is -2.27.